The van der Waals surface area contributed by atoms with Crippen LogP contribution in [0.3, 0.4) is 0 Å². The molecule has 10 aromatic carbocycles. The molecule has 0 aliphatic heterocycles. The first-order valence-corrected chi connectivity index (χ1v) is 18.7. The fourth-order valence-corrected chi connectivity index (χ4v) is 9.78. The Morgan fingerprint density at radius 3 is 1.42 bits per heavy atom. The van der Waals surface area contributed by atoms with Gasteiger partial charge in [-0.05, 0) is 116 Å². The molecule has 0 unspecified atom stereocenters. The molecule has 0 N–H and O–H groups in total. The molecule has 0 atom stereocenters. The molecule has 0 nitrogen and oxygen atoms in total. The van der Waals surface area contributed by atoms with Crippen molar-refractivity contribution >= 4 is 53.9 Å². The zero-order valence-electron chi connectivity index (χ0n) is 29.8. The molecule has 53 heavy (non-hydrogen) atoms. The molecule has 248 valence electrons. The van der Waals surface area contributed by atoms with Crippen LogP contribution in [0.15, 0.2) is 182 Å². The summed E-state index contributed by atoms with van der Waals surface area (Å²) in [6, 6.07) is 67.8. The summed E-state index contributed by atoms with van der Waals surface area (Å²) in [5, 5.41) is 13.0. The molecule has 10 aromatic rings. The Morgan fingerprint density at radius 1 is 0.302 bits per heavy atom. The van der Waals surface area contributed by atoms with Crippen molar-refractivity contribution in [3.8, 4) is 44.5 Å². The van der Waals surface area contributed by atoms with E-state index < -0.39 is 0 Å². The molecule has 1 aliphatic carbocycles. The minimum atomic E-state index is -0.133. The van der Waals surface area contributed by atoms with Crippen molar-refractivity contribution in [3.05, 3.63) is 193 Å². The lowest BCUT2D eigenvalue weighted by Crippen LogP contribution is -2.15. The van der Waals surface area contributed by atoms with E-state index in [4.69, 9.17) is 0 Å². The van der Waals surface area contributed by atoms with Gasteiger partial charge in [0.1, 0.15) is 0 Å². The van der Waals surface area contributed by atoms with Crippen molar-refractivity contribution < 1.29 is 0 Å². The Hall–Kier alpha value is -6.50. The highest BCUT2D eigenvalue weighted by Crippen LogP contribution is 2.56. The predicted molar refractivity (Wildman–Crippen MR) is 228 cm³/mol. The summed E-state index contributed by atoms with van der Waals surface area (Å²) < 4.78 is 0. The van der Waals surface area contributed by atoms with Crippen LogP contribution in [-0.4, -0.2) is 0 Å². The van der Waals surface area contributed by atoms with Gasteiger partial charge in [0.15, 0.2) is 0 Å². The monoisotopic (exact) mass is 672 g/mol. The van der Waals surface area contributed by atoms with Crippen LogP contribution in [0.5, 0.6) is 0 Å². The third kappa shape index (κ3) is 4.24. The molecule has 0 aromatic heterocycles. The second kappa shape index (κ2) is 11.2. The van der Waals surface area contributed by atoms with E-state index in [1.165, 1.54) is 109 Å². The summed E-state index contributed by atoms with van der Waals surface area (Å²) in [6.07, 6.45) is 0. The van der Waals surface area contributed by atoms with E-state index in [1.54, 1.807) is 0 Å². The van der Waals surface area contributed by atoms with Crippen LogP contribution >= 0.6 is 0 Å². The van der Waals surface area contributed by atoms with E-state index in [0.717, 1.165) is 0 Å². The summed E-state index contributed by atoms with van der Waals surface area (Å²) in [6.45, 7) is 4.82. The number of rotatable bonds is 3. The lowest BCUT2D eigenvalue weighted by molar-refractivity contribution is 0.666. The van der Waals surface area contributed by atoms with Gasteiger partial charge in [-0.15, -0.1) is 0 Å². The third-order valence-corrected chi connectivity index (χ3v) is 12.0. The largest absolute Gasteiger partial charge is 0.0616 e. The minimum Gasteiger partial charge on any atom is -0.0616 e. The van der Waals surface area contributed by atoms with Crippen molar-refractivity contribution in [3.63, 3.8) is 0 Å². The van der Waals surface area contributed by atoms with Gasteiger partial charge in [0.05, 0.1) is 0 Å². The Kier molecular flexibility index (Phi) is 6.40. The van der Waals surface area contributed by atoms with Crippen LogP contribution in [0.25, 0.3) is 98.4 Å². The number of fused-ring (bicyclic) bond motifs is 11. The van der Waals surface area contributed by atoms with Crippen molar-refractivity contribution in [2.45, 2.75) is 19.3 Å². The average molecular weight is 673 g/mol. The Labute approximate surface area is 309 Å². The molecule has 0 bridgehead atoms. The molecule has 0 saturated heterocycles. The second-order valence-electron chi connectivity index (χ2n) is 15.1. The maximum atomic E-state index is 2.50. The molecule has 0 heterocycles. The summed E-state index contributed by atoms with van der Waals surface area (Å²) in [5.41, 5.74) is 13.0. The second-order valence-corrected chi connectivity index (χ2v) is 15.1. The SMILES string of the molecule is CC1(C)c2ccc(-c3c4ccccc4c(-c4ccccc4-c4cccc5ccccc45)c4ccccc34)cc2-c2c1c1ccccc1c1ccccc21. The molecule has 0 heteroatoms. The van der Waals surface area contributed by atoms with E-state index in [9.17, 15) is 0 Å². The van der Waals surface area contributed by atoms with Crippen LogP contribution in [0.1, 0.15) is 25.0 Å². The number of hydrogen-bond donors (Lipinski definition) is 0. The lowest BCUT2D eigenvalue weighted by atomic mass is 9.79. The maximum Gasteiger partial charge on any atom is 0.0165 e. The van der Waals surface area contributed by atoms with Gasteiger partial charge in [-0.25, -0.2) is 0 Å². The van der Waals surface area contributed by atoms with Gasteiger partial charge in [0.25, 0.3) is 0 Å². The van der Waals surface area contributed by atoms with E-state index in [1.807, 2.05) is 0 Å². The van der Waals surface area contributed by atoms with Gasteiger partial charge in [0, 0.05) is 5.41 Å². The molecule has 11 rings (SSSR count). The molecular weight excluding hydrogens is 637 g/mol. The van der Waals surface area contributed by atoms with Crippen molar-refractivity contribution in [1.82, 2.24) is 0 Å². The van der Waals surface area contributed by atoms with Crippen LogP contribution in [0.4, 0.5) is 0 Å². The fourth-order valence-electron chi connectivity index (χ4n) is 9.78. The summed E-state index contributed by atoms with van der Waals surface area (Å²) in [7, 11) is 0. The first-order chi connectivity index (χ1) is 26.1. The smallest absolute Gasteiger partial charge is 0.0165 e. The molecule has 0 fully saturated rings. The van der Waals surface area contributed by atoms with Crippen LogP contribution < -0.4 is 0 Å². The van der Waals surface area contributed by atoms with Crippen molar-refractivity contribution in [2.75, 3.05) is 0 Å². The standard InChI is InChI=1S/C53H36/c1-53(2)48-31-30-34(32-47(48)51-41-23-9-6-20-38(41)39-21-7-14-28-46(39)52(51)53)49-42-24-10-12-26-44(42)50(45-27-13-11-25-43(45)49)40-22-8-5-19-37(40)36-29-15-17-33-16-3-4-18-35(33)36/h3-32H,1-2H3. The zero-order chi connectivity index (χ0) is 35.3. The van der Waals surface area contributed by atoms with Crippen molar-refractivity contribution in [1.29, 1.82) is 0 Å². The number of hydrogen-bond acceptors (Lipinski definition) is 0. The minimum absolute atomic E-state index is 0.133. The molecule has 0 saturated carbocycles. The first-order valence-electron chi connectivity index (χ1n) is 18.7. The highest BCUT2D eigenvalue weighted by molar-refractivity contribution is 6.24. The van der Waals surface area contributed by atoms with Gasteiger partial charge in [-0.2, -0.15) is 0 Å². The van der Waals surface area contributed by atoms with Gasteiger partial charge in [-0.3, -0.25) is 0 Å². The topological polar surface area (TPSA) is 0 Å². The Balaban J connectivity index is 1.21. The highest BCUT2D eigenvalue weighted by Gasteiger charge is 2.38. The summed E-state index contributed by atoms with van der Waals surface area (Å²) in [5.74, 6) is 0. The predicted octanol–water partition coefficient (Wildman–Crippen LogP) is 14.8. The Bertz CT molecular complexity index is 3080. The zero-order valence-corrected chi connectivity index (χ0v) is 29.8. The van der Waals surface area contributed by atoms with E-state index in [-0.39, 0.29) is 5.41 Å². The van der Waals surface area contributed by atoms with Gasteiger partial charge in [0.2, 0.25) is 0 Å². The van der Waals surface area contributed by atoms with E-state index in [2.05, 4.69) is 196 Å². The third-order valence-electron chi connectivity index (χ3n) is 12.0. The first kappa shape index (κ1) is 30.2. The summed E-state index contributed by atoms with van der Waals surface area (Å²) in [4.78, 5) is 0. The van der Waals surface area contributed by atoms with E-state index in [0.29, 0.717) is 0 Å². The van der Waals surface area contributed by atoms with E-state index >= 15 is 0 Å². The molecular formula is C53H36. The molecule has 1 aliphatic rings. The highest BCUT2D eigenvalue weighted by atomic mass is 14.4. The van der Waals surface area contributed by atoms with Gasteiger partial charge >= 0.3 is 0 Å². The average Bonchev–Trinajstić information content (AvgIpc) is 3.45. The fraction of sp³-hybridized carbons (Fsp3) is 0.0566. The van der Waals surface area contributed by atoms with Gasteiger partial charge in [-0.1, -0.05) is 190 Å². The molecule has 0 amide bonds. The molecule has 0 radical (unpaired) electrons. The normalized spacial score (nSPS) is 13.2. The van der Waals surface area contributed by atoms with Gasteiger partial charge < -0.3 is 0 Å². The van der Waals surface area contributed by atoms with Crippen molar-refractivity contribution in [2.24, 2.45) is 0 Å². The van der Waals surface area contributed by atoms with Crippen LogP contribution in [-0.2, 0) is 5.41 Å². The number of benzene rings is 10. The lowest BCUT2D eigenvalue weighted by Gasteiger charge is -2.24. The van der Waals surface area contributed by atoms with Crippen LogP contribution in [0, 0.1) is 0 Å². The van der Waals surface area contributed by atoms with Crippen LogP contribution in [0.2, 0.25) is 0 Å². The maximum absolute atomic E-state index is 2.50. The summed E-state index contributed by atoms with van der Waals surface area (Å²) >= 11 is 0. The quantitative estimate of drug-likeness (QED) is 0.129. The Morgan fingerprint density at radius 2 is 0.755 bits per heavy atom. The molecule has 0 spiro atoms.